The molecule has 2 amide bonds. The van der Waals surface area contributed by atoms with Crippen molar-refractivity contribution < 1.29 is 18.7 Å². The Kier molecular flexibility index (Phi) is 6.51. The maximum atomic E-state index is 13.1. The number of methoxy groups -OCH3 is 1. The van der Waals surface area contributed by atoms with Crippen molar-refractivity contribution in [1.82, 2.24) is 4.90 Å². The van der Waals surface area contributed by atoms with E-state index >= 15 is 0 Å². The SMILES string of the molecule is COc1cc2c(cc1NC(=O)CNc1cc(Cl)ccc1C(=O)N1CCCCC1)oc1ccccc12. The molecule has 5 rings (SSSR count). The smallest absolute Gasteiger partial charge is 0.255 e. The van der Waals surface area contributed by atoms with Crippen molar-refractivity contribution in [2.24, 2.45) is 0 Å². The average molecular weight is 492 g/mol. The number of nitrogens with zero attached hydrogens (tertiary/aromatic N) is 1. The molecule has 2 N–H and O–H groups in total. The molecule has 1 aliphatic heterocycles. The van der Waals surface area contributed by atoms with Gasteiger partial charge in [0, 0.05) is 40.6 Å². The standard InChI is InChI=1S/C27H26ClN3O4/c1-34-25-14-20-18-7-3-4-8-23(18)35-24(20)15-22(25)30-26(32)16-29-21-13-17(28)9-10-19(21)27(33)31-11-5-2-6-12-31/h3-4,7-10,13-15,29H,2,5-6,11-12,16H2,1H3,(H,30,32). The van der Waals surface area contributed by atoms with Gasteiger partial charge in [-0.3, -0.25) is 9.59 Å². The lowest BCUT2D eigenvalue weighted by Gasteiger charge is -2.27. The molecular formula is C27H26ClN3O4. The van der Waals surface area contributed by atoms with E-state index in [-0.39, 0.29) is 18.4 Å². The van der Waals surface area contributed by atoms with Crippen LogP contribution in [0.25, 0.3) is 21.9 Å². The van der Waals surface area contributed by atoms with E-state index < -0.39 is 0 Å². The van der Waals surface area contributed by atoms with Gasteiger partial charge in [-0.25, -0.2) is 0 Å². The molecule has 1 fully saturated rings. The van der Waals surface area contributed by atoms with Crippen LogP contribution in [0.1, 0.15) is 29.6 Å². The van der Waals surface area contributed by atoms with Gasteiger partial charge in [0.25, 0.3) is 5.91 Å². The van der Waals surface area contributed by atoms with Crippen LogP contribution in [0.5, 0.6) is 5.75 Å². The molecule has 35 heavy (non-hydrogen) atoms. The van der Waals surface area contributed by atoms with Crippen LogP contribution in [-0.4, -0.2) is 43.5 Å². The number of amides is 2. The third-order valence-corrected chi connectivity index (χ3v) is 6.50. The summed E-state index contributed by atoms with van der Waals surface area (Å²) >= 11 is 6.19. The molecule has 8 heteroatoms. The molecule has 1 saturated heterocycles. The fourth-order valence-corrected chi connectivity index (χ4v) is 4.68. The summed E-state index contributed by atoms with van der Waals surface area (Å²) in [7, 11) is 1.56. The first-order valence-electron chi connectivity index (χ1n) is 11.7. The summed E-state index contributed by atoms with van der Waals surface area (Å²) in [6, 6.07) is 16.4. The highest BCUT2D eigenvalue weighted by molar-refractivity contribution is 6.31. The zero-order valence-electron chi connectivity index (χ0n) is 19.4. The maximum Gasteiger partial charge on any atom is 0.255 e. The first-order chi connectivity index (χ1) is 17.0. The number of hydrogen-bond donors (Lipinski definition) is 2. The number of nitrogens with one attached hydrogen (secondary N) is 2. The molecule has 180 valence electrons. The first-order valence-corrected chi connectivity index (χ1v) is 12.0. The van der Waals surface area contributed by atoms with Gasteiger partial charge in [0.2, 0.25) is 5.91 Å². The zero-order chi connectivity index (χ0) is 24.4. The largest absolute Gasteiger partial charge is 0.495 e. The van der Waals surface area contributed by atoms with Crippen LogP contribution in [0.2, 0.25) is 5.02 Å². The second kappa shape index (κ2) is 9.88. The average Bonchev–Trinajstić information content (AvgIpc) is 3.24. The van der Waals surface area contributed by atoms with Gasteiger partial charge in [-0.1, -0.05) is 29.8 Å². The number of rotatable bonds is 6. The predicted octanol–water partition coefficient (Wildman–Crippen LogP) is 5.92. The van der Waals surface area contributed by atoms with Crippen LogP contribution in [-0.2, 0) is 4.79 Å². The van der Waals surface area contributed by atoms with Crippen LogP contribution < -0.4 is 15.4 Å². The Hall–Kier alpha value is -3.71. The monoisotopic (exact) mass is 491 g/mol. The van der Waals surface area contributed by atoms with Crippen LogP contribution >= 0.6 is 11.6 Å². The fraction of sp³-hybridized carbons (Fsp3) is 0.259. The highest BCUT2D eigenvalue weighted by Gasteiger charge is 2.21. The van der Waals surface area contributed by atoms with E-state index in [0.29, 0.717) is 33.3 Å². The molecule has 2 heterocycles. The number of piperidine rings is 1. The Morgan fingerprint density at radius 3 is 2.57 bits per heavy atom. The molecule has 3 aromatic carbocycles. The molecule has 0 bridgehead atoms. The molecule has 0 radical (unpaired) electrons. The van der Waals surface area contributed by atoms with E-state index in [2.05, 4.69) is 10.6 Å². The summed E-state index contributed by atoms with van der Waals surface area (Å²) in [5.41, 5.74) is 2.95. The van der Waals surface area contributed by atoms with Gasteiger partial charge in [-0.15, -0.1) is 0 Å². The molecule has 0 saturated carbocycles. The summed E-state index contributed by atoms with van der Waals surface area (Å²) in [4.78, 5) is 27.8. The van der Waals surface area contributed by atoms with Crippen LogP contribution in [0, 0.1) is 0 Å². The van der Waals surface area contributed by atoms with E-state index in [9.17, 15) is 9.59 Å². The number of fused-ring (bicyclic) bond motifs is 3. The lowest BCUT2D eigenvalue weighted by Crippen LogP contribution is -2.36. The minimum atomic E-state index is -0.296. The predicted molar refractivity (Wildman–Crippen MR) is 139 cm³/mol. The number of benzene rings is 3. The topological polar surface area (TPSA) is 83.8 Å². The number of carbonyl (C=O) groups is 2. The van der Waals surface area contributed by atoms with Gasteiger partial charge < -0.3 is 24.7 Å². The molecule has 0 aliphatic carbocycles. The molecule has 7 nitrogen and oxygen atoms in total. The number of anilines is 2. The lowest BCUT2D eigenvalue weighted by atomic mass is 10.1. The Morgan fingerprint density at radius 2 is 1.77 bits per heavy atom. The number of furan rings is 1. The van der Waals surface area contributed by atoms with E-state index in [1.165, 1.54) is 0 Å². The van der Waals surface area contributed by atoms with Gasteiger partial charge in [0.1, 0.15) is 16.9 Å². The minimum absolute atomic E-state index is 0.0536. The summed E-state index contributed by atoms with van der Waals surface area (Å²) in [5, 5.41) is 8.34. The first kappa shape index (κ1) is 23.1. The van der Waals surface area contributed by atoms with Crippen molar-refractivity contribution >= 4 is 56.7 Å². The summed E-state index contributed by atoms with van der Waals surface area (Å²) in [6.07, 6.45) is 3.14. The summed E-state index contributed by atoms with van der Waals surface area (Å²) in [5.74, 6) is 0.178. The van der Waals surface area contributed by atoms with Crippen molar-refractivity contribution in [2.45, 2.75) is 19.3 Å². The van der Waals surface area contributed by atoms with E-state index in [1.807, 2.05) is 35.2 Å². The molecule has 0 unspecified atom stereocenters. The molecule has 1 aromatic heterocycles. The Balaban J connectivity index is 1.33. The second-order valence-corrected chi connectivity index (χ2v) is 9.03. The second-order valence-electron chi connectivity index (χ2n) is 8.59. The van der Waals surface area contributed by atoms with Crippen molar-refractivity contribution in [1.29, 1.82) is 0 Å². The number of halogens is 1. The van der Waals surface area contributed by atoms with Crippen molar-refractivity contribution in [2.75, 3.05) is 37.4 Å². The van der Waals surface area contributed by atoms with Crippen molar-refractivity contribution in [3.05, 3.63) is 65.2 Å². The quantitative estimate of drug-likeness (QED) is 0.349. The highest BCUT2D eigenvalue weighted by Crippen LogP contribution is 2.36. The third kappa shape index (κ3) is 4.77. The zero-order valence-corrected chi connectivity index (χ0v) is 20.2. The van der Waals surface area contributed by atoms with Gasteiger partial charge >= 0.3 is 0 Å². The van der Waals surface area contributed by atoms with Crippen LogP contribution in [0.15, 0.2) is 59.0 Å². The lowest BCUT2D eigenvalue weighted by molar-refractivity contribution is -0.114. The van der Waals surface area contributed by atoms with Crippen molar-refractivity contribution in [3.8, 4) is 5.75 Å². The third-order valence-electron chi connectivity index (χ3n) is 6.27. The molecular weight excluding hydrogens is 466 g/mol. The Bertz CT molecular complexity index is 1410. The normalized spacial score (nSPS) is 13.7. The summed E-state index contributed by atoms with van der Waals surface area (Å²) < 4.78 is 11.5. The Morgan fingerprint density at radius 1 is 0.971 bits per heavy atom. The van der Waals surface area contributed by atoms with E-state index in [0.717, 1.165) is 48.7 Å². The molecule has 0 atom stereocenters. The number of para-hydroxylation sites is 1. The van der Waals surface area contributed by atoms with Gasteiger partial charge in [-0.05, 0) is 49.6 Å². The highest BCUT2D eigenvalue weighted by atomic mass is 35.5. The van der Waals surface area contributed by atoms with E-state index in [1.54, 1.807) is 31.4 Å². The number of likely N-dealkylation sites (tertiary alicyclic amines) is 1. The number of hydrogen-bond acceptors (Lipinski definition) is 5. The molecule has 1 aliphatic rings. The van der Waals surface area contributed by atoms with E-state index in [4.69, 9.17) is 20.8 Å². The van der Waals surface area contributed by atoms with Crippen LogP contribution in [0.3, 0.4) is 0 Å². The number of carbonyl (C=O) groups excluding carboxylic acids is 2. The van der Waals surface area contributed by atoms with Gasteiger partial charge in [-0.2, -0.15) is 0 Å². The maximum absolute atomic E-state index is 13.1. The summed E-state index contributed by atoms with van der Waals surface area (Å²) in [6.45, 7) is 1.43. The Labute approximate surface area is 208 Å². The molecule has 4 aromatic rings. The van der Waals surface area contributed by atoms with Crippen molar-refractivity contribution in [3.63, 3.8) is 0 Å². The minimum Gasteiger partial charge on any atom is -0.495 e. The number of ether oxygens (including phenoxy) is 1. The molecule has 0 spiro atoms. The van der Waals surface area contributed by atoms with Crippen LogP contribution in [0.4, 0.5) is 11.4 Å². The van der Waals surface area contributed by atoms with Gasteiger partial charge in [0.05, 0.1) is 24.9 Å². The fourth-order valence-electron chi connectivity index (χ4n) is 4.50. The van der Waals surface area contributed by atoms with Gasteiger partial charge in [0.15, 0.2) is 0 Å².